The molecule has 1 aliphatic heterocycles. The minimum Gasteiger partial charge on any atom is -0.388 e. The van der Waals surface area contributed by atoms with Crippen molar-refractivity contribution in [1.29, 1.82) is 5.41 Å². The summed E-state index contributed by atoms with van der Waals surface area (Å²) in [5, 5.41) is 12.9. The Hall–Kier alpha value is -3.91. The maximum atomic E-state index is 15.3. The molecule has 234 valence electrons. The third-order valence-electron chi connectivity index (χ3n) is 7.21. The number of nitrogens with one attached hydrogen (secondary N) is 2. The molecule has 2 aromatic heterocycles. The van der Waals surface area contributed by atoms with Gasteiger partial charge in [0.15, 0.2) is 11.5 Å². The number of fused-ring (bicyclic) bond motifs is 2. The van der Waals surface area contributed by atoms with E-state index in [9.17, 15) is 13.6 Å². The zero-order valence-corrected chi connectivity index (χ0v) is 25.5. The van der Waals surface area contributed by atoms with Crippen molar-refractivity contribution >= 4 is 40.3 Å². The summed E-state index contributed by atoms with van der Waals surface area (Å²) in [7, 11) is 0. The van der Waals surface area contributed by atoms with Crippen molar-refractivity contribution in [2.75, 3.05) is 11.6 Å². The number of nitrogens with zero attached hydrogens (tertiary/aromatic N) is 4. The zero-order valence-electron chi connectivity index (χ0n) is 24.0. The summed E-state index contributed by atoms with van der Waals surface area (Å²) in [6.45, 7) is 1.26. The fourth-order valence-corrected chi connectivity index (χ4v) is 5.39. The van der Waals surface area contributed by atoms with Crippen LogP contribution in [0.25, 0.3) is 17.0 Å². The van der Waals surface area contributed by atoms with Crippen LogP contribution in [0.1, 0.15) is 50.4 Å². The first-order chi connectivity index (χ1) is 20.9. The SMILES string of the molecule is CC(=N)C1=C([NH2+]C(F)F)c2ccnc(c2)C(n2cnc(-c3c(N(N)C=C(N)Cl)ccc(Cl)c3F)cc2=O)CCCC(C)CN1. The molecule has 3 heterocycles. The highest BCUT2D eigenvalue weighted by Crippen LogP contribution is 2.35. The number of benzene rings is 1. The monoisotopic (exact) mass is 650 g/mol. The van der Waals surface area contributed by atoms with E-state index < -0.39 is 24.0 Å². The fraction of sp³-hybridized carbons (Fsp3) is 0.310. The van der Waals surface area contributed by atoms with Crippen molar-refractivity contribution in [2.45, 2.75) is 45.7 Å². The van der Waals surface area contributed by atoms with Gasteiger partial charge in [0.2, 0.25) is 0 Å². The lowest BCUT2D eigenvalue weighted by Gasteiger charge is -2.24. The van der Waals surface area contributed by atoms with Crippen LogP contribution in [0, 0.1) is 17.1 Å². The Labute approximate surface area is 262 Å². The summed E-state index contributed by atoms with van der Waals surface area (Å²) in [5.41, 5.74) is 6.39. The van der Waals surface area contributed by atoms with Crippen molar-refractivity contribution in [3.63, 3.8) is 0 Å². The van der Waals surface area contributed by atoms with Crippen LogP contribution in [0.4, 0.5) is 18.9 Å². The Morgan fingerprint density at radius 2 is 2.02 bits per heavy atom. The van der Waals surface area contributed by atoms with Crippen molar-refractivity contribution in [3.05, 3.63) is 92.4 Å². The molecule has 1 aromatic carbocycles. The second-order valence-corrected chi connectivity index (χ2v) is 11.4. The van der Waals surface area contributed by atoms with Crippen LogP contribution in [0.5, 0.6) is 0 Å². The van der Waals surface area contributed by atoms with Gasteiger partial charge in [0, 0.05) is 24.4 Å². The largest absolute Gasteiger partial charge is 0.388 e. The van der Waals surface area contributed by atoms with Crippen LogP contribution in [0.2, 0.25) is 5.02 Å². The van der Waals surface area contributed by atoms with Crippen LogP contribution in [0.15, 0.2) is 64.7 Å². The maximum Gasteiger partial charge on any atom is 0.382 e. The van der Waals surface area contributed by atoms with Crippen LogP contribution >= 0.6 is 23.2 Å². The lowest BCUT2D eigenvalue weighted by Crippen LogP contribution is -2.85. The van der Waals surface area contributed by atoms with Crippen molar-refractivity contribution in [1.82, 2.24) is 19.9 Å². The topological polar surface area (TPSA) is 156 Å². The average molecular weight is 652 g/mol. The molecule has 0 saturated carbocycles. The second kappa shape index (κ2) is 14.2. The number of hydrogen-bond acceptors (Lipinski definition) is 8. The Morgan fingerprint density at radius 1 is 1.27 bits per heavy atom. The number of hydrazine groups is 1. The van der Waals surface area contributed by atoms with Crippen molar-refractivity contribution in [2.24, 2.45) is 17.5 Å². The minimum atomic E-state index is -2.77. The highest BCUT2D eigenvalue weighted by atomic mass is 35.5. The molecular formula is C29H33Cl2F3N9O+. The van der Waals surface area contributed by atoms with E-state index in [0.29, 0.717) is 36.3 Å². The highest BCUT2D eigenvalue weighted by Gasteiger charge is 2.26. The molecule has 1 aliphatic rings. The van der Waals surface area contributed by atoms with Gasteiger partial charge in [-0.3, -0.25) is 24.7 Å². The quantitative estimate of drug-likeness (QED) is 0.111. The molecule has 0 radical (unpaired) electrons. The minimum absolute atomic E-state index is 0.0318. The van der Waals surface area contributed by atoms with E-state index in [1.807, 2.05) is 6.92 Å². The lowest BCUT2D eigenvalue weighted by atomic mass is 9.96. The third kappa shape index (κ3) is 7.59. The summed E-state index contributed by atoms with van der Waals surface area (Å²) in [6, 6.07) is 6.51. The molecule has 0 amide bonds. The van der Waals surface area contributed by atoms with Crippen LogP contribution in [-0.4, -0.2) is 33.3 Å². The summed E-state index contributed by atoms with van der Waals surface area (Å²) in [4.78, 5) is 22.5. The molecule has 2 atom stereocenters. The normalized spacial score (nSPS) is 18.0. The fourth-order valence-electron chi connectivity index (χ4n) is 5.13. The van der Waals surface area contributed by atoms with E-state index in [2.05, 4.69) is 15.3 Å². The molecular weight excluding hydrogens is 618 g/mol. The molecule has 15 heteroatoms. The van der Waals surface area contributed by atoms with Gasteiger partial charge in [0.25, 0.3) is 5.56 Å². The maximum absolute atomic E-state index is 15.3. The number of allylic oxidation sites excluding steroid dienone is 1. The molecule has 4 rings (SSSR count). The van der Waals surface area contributed by atoms with Gasteiger partial charge in [-0.1, -0.05) is 36.5 Å². The number of anilines is 1. The van der Waals surface area contributed by atoms with E-state index in [4.69, 9.17) is 40.2 Å². The molecule has 44 heavy (non-hydrogen) atoms. The number of hydrogen-bond donors (Lipinski definition) is 5. The first kappa shape index (κ1) is 33.0. The van der Waals surface area contributed by atoms with Gasteiger partial charge in [-0.15, -0.1) is 0 Å². The number of halogens is 5. The standard InChI is InChI=1S/C29H32Cl2F3N9O/c1-15-4-3-5-21(19-10-17(8-9-38-19)28(41-29(33)34)27(16(2)35)39-12-15)42-14-40-20(11-24(42)44)25-22(43(37)13-23(31)36)7-6-18(30)26(25)32/h6-11,13-15,21,29,35,39,41H,3-5,12,36-37H2,1-2H3/p+1. The summed E-state index contributed by atoms with van der Waals surface area (Å²) >= 11 is 11.8. The van der Waals surface area contributed by atoms with Crippen LogP contribution < -0.4 is 32.8 Å². The predicted octanol–water partition coefficient (Wildman–Crippen LogP) is 4.27. The molecule has 3 aromatic rings. The third-order valence-corrected chi connectivity index (χ3v) is 7.60. The van der Waals surface area contributed by atoms with Crippen LogP contribution in [0.3, 0.4) is 0 Å². The zero-order chi connectivity index (χ0) is 32.1. The number of nitrogens with two attached hydrogens (primary N) is 3. The van der Waals surface area contributed by atoms with E-state index in [1.165, 1.54) is 42.2 Å². The number of rotatable bonds is 7. The first-order valence-electron chi connectivity index (χ1n) is 13.7. The molecule has 10 nitrogen and oxygen atoms in total. The first-order valence-corrected chi connectivity index (χ1v) is 14.5. The van der Waals surface area contributed by atoms with E-state index in [1.54, 1.807) is 12.1 Å². The molecule has 2 bridgehead atoms. The smallest absolute Gasteiger partial charge is 0.382 e. The number of aromatic nitrogens is 3. The molecule has 0 fully saturated rings. The van der Waals surface area contributed by atoms with Gasteiger partial charge in [-0.25, -0.2) is 15.2 Å². The highest BCUT2D eigenvalue weighted by molar-refractivity contribution is 6.31. The van der Waals surface area contributed by atoms with Gasteiger partial charge in [0.05, 0.1) is 51.9 Å². The number of pyridine rings is 1. The lowest BCUT2D eigenvalue weighted by molar-refractivity contribution is -0.660. The number of quaternary nitrogens is 1. The van der Waals surface area contributed by atoms with E-state index >= 15 is 4.39 Å². The second-order valence-electron chi connectivity index (χ2n) is 10.5. The molecule has 0 aliphatic carbocycles. The van der Waals surface area contributed by atoms with Crippen molar-refractivity contribution < 1.29 is 18.5 Å². The Morgan fingerprint density at radius 3 is 2.68 bits per heavy atom. The molecule has 2 unspecified atom stereocenters. The van der Waals surface area contributed by atoms with E-state index in [-0.39, 0.29) is 44.5 Å². The molecule has 0 spiro atoms. The molecule has 8 N–H and O–H groups in total. The molecule has 0 saturated heterocycles. The van der Waals surface area contributed by atoms with Gasteiger partial charge < -0.3 is 16.5 Å². The van der Waals surface area contributed by atoms with Crippen LogP contribution in [-0.2, 0) is 0 Å². The van der Waals surface area contributed by atoms with E-state index in [0.717, 1.165) is 22.9 Å². The van der Waals surface area contributed by atoms with Crippen molar-refractivity contribution in [3.8, 4) is 11.3 Å². The predicted molar refractivity (Wildman–Crippen MR) is 165 cm³/mol. The van der Waals surface area contributed by atoms with Gasteiger partial charge in [0.1, 0.15) is 10.9 Å². The van der Waals surface area contributed by atoms with Gasteiger partial charge in [-0.05, 0) is 49.9 Å². The average Bonchev–Trinajstić information content (AvgIpc) is 2.95. The summed E-state index contributed by atoms with van der Waals surface area (Å²) in [6.07, 6.45) is 5.88. The number of alkyl halides is 2. The Kier molecular flexibility index (Phi) is 10.7. The Balaban J connectivity index is 1.85. The Bertz CT molecular complexity index is 1660. The summed E-state index contributed by atoms with van der Waals surface area (Å²) in [5.74, 6) is 5.32. The van der Waals surface area contributed by atoms with Gasteiger partial charge >= 0.3 is 6.55 Å². The summed E-state index contributed by atoms with van der Waals surface area (Å²) < 4.78 is 44.1. The van der Waals surface area contributed by atoms with Gasteiger partial charge in [-0.2, -0.15) is 8.78 Å².